The van der Waals surface area contributed by atoms with Crippen molar-refractivity contribution in [2.45, 2.75) is 13.0 Å². The first-order chi connectivity index (χ1) is 12.3. The molecule has 0 aliphatic carbocycles. The van der Waals surface area contributed by atoms with Crippen LogP contribution in [0.25, 0.3) is 0 Å². The molecule has 0 aromatic heterocycles. The lowest BCUT2D eigenvalue weighted by Crippen LogP contribution is -2.26. The van der Waals surface area contributed by atoms with Gasteiger partial charge in [-0.05, 0) is 36.2 Å². The van der Waals surface area contributed by atoms with Crippen molar-refractivity contribution in [3.63, 3.8) is 0 Å². The van der Waals surface area contributed by atoms with Gasteiger partial charge in [-0.3, -0.25) is 4.90 Å². The zero-order chi connectivity index (χ0) is 17.7. The van der Waals surface area contributed by atoms with Crippen LogP contribution in [0.15, 0.2) is 79.9 Å². The summed E-state index contributed by atoms with van der Waals surface area (Å²) in [6.07, 6.45) is 4.80. The molecular weight excluding hydrogens is 310 g/mol. The molecule has 0 saturated carbocycles. The van der Waals surface area contributed by atoms with E-state index < -0.39 is 0 Å². The van der Waals surface area contributed by atoms with Gasteiger partial charge in [0.05, 0.1) is 6.61 Å². The molecule has 0 saturated heterocycles. The quantitative estimate of drug-likeness (QED) is 0.414. The molecule has 3 heteroatoms. The van der Waals surface area contributed by atoms with Gasteiger partial charge in [0, 0.05) is 19.6 Å². The first kappa shape index (κ1) is 18.8. The van der Waals surface area contributed by atoms with Crippen LogP contribution in [0.4, 0.5) is 0 Å². The third kappa shape index (κ3) is 7.27. The second-order valence-corrected chi connectivity index (χ2v) is 5.78. The predicted molar refractivity (Wildman–Crippen MR) is 104 cm³/mol. The van der Waals surface area contributed by atoms with Gasteiger partial charge >= 0.3 is 0 Å². The maximum Gasteiger partial charge on any atom is 0.120 e. The fourth-order valence-corrected chi connectivity index (χ4v) is 2.47. The van der Waals surface area contributed by atoms with Crippen LogP contribution in [-0.2, 0) is 6.61 Å². The van der Waals surface area contributed by atoms with E-state index >= 15 is 0 Å². The van der Waals surface area contributed by atoms with Gasteiger partial charge in [-0.2, -0.15) is 0 Å². The summed E-state index contributed by atoms with van der Waals surface area (Å²) in [5, 5.41) is 0. The highest BCUT2D eigenvalue weighted by Crippen LogP contribution is 2.18. The van der Waals surface area contributed by atoms with Crippen molar-refractivity contribution in [3.05, 3.63) is 85.5 Å². The first-order valence-corrected chi connectivity index (χ1v) is 8.65. The molecule has 0 heterocycles. The van der Waals surface area contributed by atoms with E-state index in [0.717, 1.165) is 43.1 Å². The Hall–Kier alpha value is -2.52. The first-order valence-electron chi connectivity index (χ1n) is 8.65. The Labute approximate surface area is 151 Å². The summed E-state index contributed by atoms with van der Waals surface area (Å²) < 4.78 is 11.6. The van der Waals surface area contributed by atoms with Gasteiger partial charge in [0.1, 0.15) is 18.1 Å². The number of benzene rings is 2. The molecule has 0 atom stereocenters. The lowest BCUT2D eigenvalue weighted by molar-refractivity contribution is 0.261. The monoisotopic (exact) mass is 337 g/mol. The molecule has 2 rings (SSSR count). The number of hydrogen-bond donors (Lipinski definition) is 0. The zero-order valence-electron chi connectivity index (χ0n) is 14.8. The summed E-state index contributed by atoms with van der Waals surface area (Å²) in [5.41, 5.74) is 1.16. The summed E-state index contributed by atoms with van der Waals surface area (Å²) in [5.74, 6) is 1.71. The number of ether oxygens (including phenoxy) is 2. The zero-order valence-corrected chi connectivity index (χ0v) is 14.8. The Morgan fingerprint density at radius 2 is 1.40 bits per heavy atom. The van der Waals surface area contributed by atoms with Crippen LogP contribution in [-0.4, -0.2) is 31.1 Å². The SMILES string of the molecule is C=CCN(CC=C)CCCOc1ccc(OCc2ccccc2)cc1. The van der Waals surface area contributed by atoms with Gasteiger partial charge in [0.15, 0.2) is 0 Å². The molecule has 0 radical (unpaired) electrons. The number of nitrogens with zero attached hydrogens (tertiary/aromatic N) is 1. The second-order valence-electron chi connectivity index (χ2n) is 5.78. The summed E-state index contributed by atoms with van der Waals surface area (Å²) >= 11 is 0. The normalized spacial score (nSPS) is 10.4. The molecule has 0 spiro atoms. The third-order valence-corrected chi connectivity index (χ3v) is 3.73. The van der Waals surface area contributed by atoms with Crippen LogP contribution in [0.5, 0.6) is 11.5 Å². The molecule has 0 amide bonds. The van der Waals surface area contributed by atoms with E-state index in [-0.39, 0.29) is 0 Å². The third-order valence-electron chi connectivity index (χ3n) is 3.73. The Morgan fingerprint density at radius 1 is 0.800 bits per heavy atom. The van der Waals surface area contributed by atoms with E-state index in [1.54, 1.807) is 0 Å². The largest absolute Gasteiger partial charge is 0.494 e. The average molecular weight is 337 g/mol. The second kappa shape index (κ2) is 11.1. The van der Waals surface area contributed by atoms with Crippen molar-refractivity contribution in [1.29, 1.82) is 0 Å². The van der Waals surface area contributed by atoms with Crippen molar-refractivity contribution in [2.75, 3.05) is 26.2 Å². The fraction of sp³-hybridized carbons (Fsp3) is 0.273. The van der Waals surface area contributed by atoms with Crippen molar-refractivity contribution in [1.82, 2.24) is 4.90 Å². The number of rotatable bonds is 12. The van der Waals surface area contributed by atoms with Crippen LogP contribution in [0, 0.1) is 0 Å². The van der Waals surface area contributed by atoms with Crippen LogP contribution >= 0.6 is 0 Å². The minimum Gasteiger partial charge on any atom is -0.494 e. The molecule has 0 aliphatic rings. The highest BCUT2D eigenvalue weighted by Gasteiger charge is 2.01. The Kier molecular flexibility index (Phi) is 8.36. The van der Waals surface area contributed by atoms with Crippen molar-refractivity contribution in [3.8, 4) is 11.5 Å². The molecule has 3 nitrogen and oxygen atoms in total. The molecule has 2 aromatic rings. The molecule has 0 N–H and O–H groups in total. The van der Waals surface area contributed by atoms with Crippen LogP contribution < -0.4 is 9.47 Å². The van der Waals surface area contributed by atoms with E-state index in [2.05, 4.69) is 30.2 Å². The molecular formula is C22H27NO2. The van der Waals surface area contributed by atoms with E-state index in [0.29, 0.717) is 13.2 Å². The van der Waals surface area contributed by atoms with Crippen LogP contribution in [0.3, 0.4) is 0 Å². The Balaban J connectivity index is 1.69. The smallest absolute Gasteiger partial charge is 0.120 e. The molecule has 0 fully saturated rings. The average Bonchev–Trinajstić information content (AvgIpc) is 2.65. The van der Waals surface area contributed by atoms with Gasteiger partial charge in [-0.1, -0.05) is 42.5 Å². The standard InChI is InChI=1S/C22H27NO2/c1-3-15-23(16-4-2)17-8-18-24-21-11-13-22(14-12-21)25-19-20-9-6-5-7-10-20/h3-7,9-14H,1-2,8,15-19H2. The topological polar surface area (TPSA) is 21.7 Å². The van der Waals surface area contributed by atoms with Crippen LogP contribution in [0.1, 0.15) is 12.0 Å². The molecule has 2 aromatic carbocycles. The van der Waals surface area contributed by atoms with E-state index in [1.165, 1.54) is 0 Å². The molecule has 0 aliphatic heterocycles. The number of hydrogen-bond acceptors (Lipinski definition) is 3. The molecule has 0 bridgehead atoms. The fourth-order valence-electron chi connectivity index (χ4n) is 2.47. The summed E-state index contributed by atoms with van der Waals surface area (Å²) in [6, 6.07) is 17.9. The highest BCUT2D eigenvalue weighted by molar-refractivity contribution is 5.31. The molecule has 132 valence electrons. The van der Waals surface area contributed by atoms with Crippen LogP contribution in [0.2, 0.25) is 0 Å². The minimum absolute atomic E-state index is 0.573. The Bertz CT molecular complexity index is 612. The van der Waals surface area contributed by atoms with Crippen molar-refractivity contribution in [2.24, 2.45) is 0 Å². The van der Waals surface area contributed by atoms with Gasteiger partial charge in [-0.25, -0.2) is 0 Å². The minimum atomic E-state index is 0.573. The van der Waals surface area contributed by atoms with E-state index in [9.17, 15) is 0 Å². The van der Waals surface area contributed by atoms with Gasteiger partial charge in [-0.15, -0.1) is 13.2 Å². The predicted octanol–water partition coefficient (Wildman–Crippen LogP) is 4.71. The van der Waals surface area contributed by atoms with Gasteiger partial charge < -0.3 is 9.47 Å². The van der Waals surface area contributed by atoms with Gasteiger partial charge in [0.25, 0.3) is 0 Å². The maximum absolute atomic E-state index is 5.80. The summed E-state index contributed by atoms with van der Waals surface area (Å²) in [7, 11) is 0. The van der Waals surface area contributed by atoms with Gasteiger partial charge in [0.2, 0.25) is 0 Å². The Morgan fingerprint density at radius 3 is 2.00 bits per heavy atom. The summed E-state index contributed by atoms with van der Waals surface area (Å²) in [4.78, 5) is 2.28. The lowest BCUT2D eigenvalue weighted by Gasteiger charge is -2.18. The van der Waals surface area contributed by atoms with Crippen molar-refractivity contribution < 1.29 is 9.47 Å². The highest BCUT2D eigenvalue weighted by atomic mass is 16.5. The van der Waals surface area contributed by atoms with E-state index in [1.807, 2.05) is 54.6 Å². The maximum atomic E-state index is 5.80. The molecule has 25 heavy (non-hydrogen) atoms. The van der Waals surface area contributed by atoms with E-state index in [4.69, 9.17) is 9.47 Å². The lowest BCUT2D eigenvalue weighted by atomic mass is 10.2. The summed E-state index contributed by atoms with van der Waals surface area (Å²) in [6.45, 7) is 11.5. The van der Waals surface area contributed by atoms with Crippen molar-refractivity contribution >= 4 is 0 Å². The molecule has 0 unspecified atom stereocenters.